The van der Waals surface area contributed by atoms with E-state index in [2.05, 4.69) is 15.5 Å². The first-order chi connectivity index (χ1) is 12.6. The number of amides is 1. The average molecular weight is 372 g/mol. The van der Waals surface area contributed by atoms with Gasteiger partial charge in [-0.1, -0.05) is 12.5 Å². The van der Waals surface area contributed by atoms with Crippen LogP contribution in [0.4, 0.5) is 0 Å². The molecule has 0 bridgehead atoms. The zero-order chi connectivity index (χ0) is 18.4. The van der Waals surface area contributed by atoms with Gasteiger partial charge in [0.2, 0.25) is 10.0 Å². The maximum atomic E-state index is 12.7. The Kier molecular flexibility index (Phi) is 5.75. The Morgan fingerprint density at radius 3 is 2.58 bits per heavy atom. The highest BCUT2D eigenvalue weighted by Gasteiger charge is 2.26. The van der Waals surface area contributed by atoms with Crippen molar-refractivity contribution in [1.82, 2.24) is 14.7 Å². The number of piperidine rings is 1. The van der Waals surface area contributed by atoms with E-state index < -0.39 is 15.9 Å². The number of rotatable bonds is 5. The van der Waals surface area contributed by atoms with Crippen molar-refractivity contribution in [2.75, 3.05) is 13.1 Å². The second kappa shape index (κ2) is 8.20. The maximum absolute atomic E-state index is 12.7. The molecule has 1 saturated heterocycles. The van der Waals surface area contributed by atoms with Crippen molar-refractivity contribution in [1.29, 1.82) is 0 Å². The van der Waals surface area contributed by atoms with Crippen LogP contribution in [0.25, 0.3) is 0 Å². The lowest BCUT2D eigenvalue weighted by Gasteiger charge is -2.25. The third-order valence-corrected chi connectivity index (χ3v) is 6.03. The molecule has 0 radical (unpaired) electrons. The molecule has 1 aromatic heterocycles. The SMILES string of the molecule is O=C(NN=Cc1ccncc1)c1cccc(S(=O)(=O)N2CCCCC2)c1. The van der Waals surface area contributed by atoms with Crippen LogP contribution in [0.15, 0.2) is 58.8 Å². The van der Waals surface area contributed by atoms with Crippen LogP contribution in [0.1, 0.15) is 35.2 Å². The van der Waals surface area contributed by atoms with Crippen LogP contribution in [0, 0.1) is 0 Å². The summed E-state index contributed by atoms with van der Waals surface area (Å²) in [6, 6.07) is 9.54. The first kappa shape index (κ1) is 18.2. The first-order valence-electron chi connectivity index (χ1n) is 8.41. The maximum Gasteiger partial charge on any atom is 0.271 e. The van der Waals surface area contributed by atoms with Gasteiger partial charge in [0.25, 0.3) is 5.91 Å². The number of nitrogens with one attached hydrogen (secondary N) is 1. The lowest BCUT2D eigenvalue weighted by molar-refractivity contribution is 0.0955. The molecule has 2 heterocycles. The molecular formula is C18H20N4O3S. The fraction of sp³-hybridized carbons (Fsp3) is 0.278. The highest BCUT2D eigenvalue weighted by molar-refractivity contribution is 7.89. The molecule has 7 nitrogen and oxygen atoms in total. The van der Waals surface area contributed by atoms with Crippen LogP contribution in [-0.2, 0) is 10.0 Å². The van der Waals surface area contributed by atoms with Crippen LogP contribution in [-0.4, -0.2) is 42.9 Å². The quantitative estimate of drug-likeness (QED) is 0.642. The van der Waals surface area contributed by atoms with Gasteiger partial charge in [0, 0.05) is 31.0 Å². The fourth-order valence-electron chi connectivity index (χ4n) is 2.73. The van der Waals surface area contributed by atoms with E-state index in [0.29, 0.717) is 13.1 Å². The summed E-state index contributed by atoms with van der Waals surface area (Å²) in [5, 5.41) is 3.89. The number of pyridine rings is 1. The van der Waals surface area contributed by atoms with E-state index in [1.165, 1.54) is 22.7 Å². The van der Waals surface area contributed by atoms with Gasteiger partial charge in [-0.2, -0.15) is 9.41 Å². The Bertz CT molecular complexity index is 892. The summed E-state index contributed by atoms with van der Waals surface area (Å²) >= 11 is 0. The van der Waals surface area contributed by atoms with E-state index in [-0.39, 0.29) is 10.5 Å². The van der Waals surface area contributed by atoms with E-state index in [0.717, 1.165) is 24.8 Å². The molecule has 0 aliphatic carbocycles. The van der Waals surface area contributed by atoms with Gasteiger partial charge in [0.15, 0.2) is 0 Å². The van der Waals surface area contributed by atoms with Gasteiger partial charge in [-0.05, 0) is 48.7 Å². The summed E-state index contributed by atoms with van der Waals surface area (Å²) in [7, 11) is -3.57. The highest BCUT2D eigenvalue weighted by atomic mass is 32.2. The Morgan fingerprint density at radius 1 is 1.12 bits per heavy atom. The zero-order valence-electron chi connectivity index (χ0n) is 14.2. The van der Waals surface area contributed by atoms with Gasteiger partial charge >= 0.3 is 0 Å². The number of hydrogen-bond acceptors (Lipinski definition) is 5. The highest BCUT2D eigenvalue weighted by Crippen LogP contribution is 2.21. The van der Waals surface area contributed by atoms with Crippen molar-refractivity contribution >= 4 is 22.1 Å². The minimum Gasteiger partial charge on any atom is -0.267 e. The first-order valence-corrected chi connectivity index (χ1v) is 9.85. The molecule has 2 aromatic rings. The van der Waals surface area contributed by atoms with Gasteiger partial charge in [-0.25, -0.2) is 13.8 Å². The Labute approximate surface area is 152 Å². The standard InChI is InChI=1S/C18H20N4O3S/c23-18(21-20-14-15-7-9-19-10-8-15)16-5-4-6-17(13-16)26(24,25)22-11-2-1-3-12-22/h4-10,13-14H,1-3,11-12H2,(H,21,23). The minimum absolute atomic E-state index is 0.130. The molecule has 1 fully saturated rings. The smallest absolute Gasteiger partial charge is 0.267 e. The number of carbonyl (C=O) groups is 1. The molecule has 0 unspecified atom stereocenters. The van der Waals surface area contributed by atoms with Crippen molar-refractivity contribution < 1.29 is 13.2 Å². The van der Waals surface area contributed by atoms with Crippen LogP contribution in [0.3, 0.4) is 0 Å². The molecule has 136 valence electrons. The van der Waals surface area contributed by atoms with Crippen LogP contribution >= 0.6 is 0 Å². The third-order valence-electron chi connectivity index (χ3n) is 4.13. The largest absolute Gasteiger partial charge is 0.271 e. The molecule has 26 heavy (non-hydrogen) atoms. The molecule has 0 atom stereocenters. The summed E-state index contributed by atoms with van der Waals surface area (Å²) in [5.74, 6) is -0.467. The summed E-state index contributed by atoms with van der Waals surface area (Å²) in [6.45, 7) is 1.05. The number of sulfonamides is 1. The lowest BCUT2D eigenvalue weighted by atomic mass is 10.2. The van der Waals surface area contributed by atoms with Gasteiger partial charge in [-0.3, -0.25) is 9.78 Å². The summed E-state index contributed by atoms with van der Waals surface area (Å²) in [5.41, 5.74) is 3.45. The number of hydrazone groups is 1. The van der Waals surface area contributed by atoms with Crippen molar-refractivity contribution in [3.05, 3.63) is 59.9 Å². The van der Waals surface area contributed by atoms with Crippen molar-refractivity contribution in [3.63, 3.8) is 0 Å². The average Bonchev–Trinajstić information content (AvgIpc) is 2.69. The van der Waals surface area contributed by atoms with Crippen LogP contribution in [0.5, 0.6) is 0 Å². The molecule has 0 spiro atoms. The molecule has 8 heteroatoms. The molecule has 1 aliphatic rings. The predicted octanol–water partition coefficient (Wildman–Crippen LogP) is 2.02. The molecule has 1 aromatic carbocycles. The molecular weight excluding hydrogens is 352 g/mol. The number of carbonyl (C=O) groups excluding carboxylic acids is 1. The number of aromatic nitrogens is 1. The van der Waals surface area contributed by atoms with Crippen molar-refractivity contribution in [3.8, 4) is 0 Å². The minimum atomic E-state index is -3.57. The molecule has 1 amide bonds. The molecule has 1 aliphatic heterocycles. The van der Waals surface area contributed by atoms with Crippen LogP contribution < -0.4 is 5.43 Å². The fourth-order valence-corrected chi connectivity index (χ4v) is 4.30. The lowest BCUT2D eigenvalue weighted by Crippen LogP contribution is -2.35. The summed E-state index contributed by atoms with van der Waals surface area (Å²) in [4.78, 5) is 16.3. The number of benzene rings is 1. The second-order valence-electron chi connectivity index (χ2n) is 5.97. The predicted molar refractivity (Wildman–Crippen MR) is 98.3 cm³/mol. The normalized spacial score (nSPS) is 15.8. The number of hydrogen-bond donors (Lipinski definition) is 1. The van der Waals surface area contributed by atoms with Crippen molar-refractivity contribution in [2.24, 2.45) is 5.10 Å². The molecule has 1 N–H and O–H groups in total. The van der Waals surface area contributed by atoms with E-state index in [1.807, 2.05) is 0 Å². The summed E-state index contributed by atoms with van der Waals surface area (Å²) < 4.78 is 26.9. The molecule has 0 saturated carbocycles. The Morgan fingerprint density at radius 2 is 1.85 bits per heavy atom. The zero-order valence-corrected chi connectivity index (χ0v) is 15.0. The Hall–Kier alpha value is -2.58. The molecule has 3 rings (SSSR count). The van der Waals surface area contributed by atoms with Crippen LogP contribution in [0.2, 0.25) is 0 Å². The monoisotopic (exact) mass is 372 g/mol. The van der Waals surface area contributed by atoms with Gasteiger partial charge in [0.1, 0.15) is 0 Å². The number of nitrogens with zero attached hydrogens (tertiary/aromatic N) is 3. The van der Waals surface area contributed by atoms with E-state index >= 15 is 0 Å². The summed E-state index contributed by atoms with van der Waals surface area (Å²) in [6.07, 6.45) is 7.51. The second-order valence-corrected chi connectivity index (χ2v) is 7.91. The van der Waals surface area contributed by atoms with E-state index in [4.69, 9.17) is 0 Å². The third kappa shape index (κ3) is 4.33. The van der Waals surface area contributed by atoms with Gasteiger partial charge in [0.05, 0.1) is 11.1 Å². The van der Waals surface area contributed by atoms with Gasteiger partial charge < -0.3 is 0 Å². The van der Waals surface area contributed by atoms with Gasteiger partial charge in [-0.15, -0.1) is 0 Å². The van der Waals surface area contributed by atoms with E-state index in [9.17, 15) is 13.2 Å². The Balaban J connectivity index is 1.72. The van der Waals surface area contributed by atoms with Crippen molar-refractivity contribution in [2.45, 2.75) is 24.2 Å². The van der Waals surface area contributed by atoms with E-state index in [1.54, 1.807) is 36.7 Å². The topological polar surface area (TPSA) is 91.7 Å².